The Bertz CT molecular complexity index is 355. The minimum Gasteiger partial charge on any atom is -0.336 e. The normalized spacial score (nSPS) is 24.2. The SMILES string of the molecule is CC(NS(C)(=O)=O)C(=O)N1CCNC[C@H]1C. The fourth-order valence-electron chi connectivity index (χ4n) is 1.79. The fraction of sp³-hybridized carbons (Fsp3) is 0.889. The van der Waals surface area contributed by atoms with Gasteiger partial charge in [0.15, 0.2) is 0 Å². The Hall–Kier alpha value is -0.660. The van der Waals surface area contributed by atoms with Crippen LogP contribution in [0.5, 0.6) is 0 Å². The van der Waals surface area contributed by atoms with E-state index < -0.39 is 16.1 Å². The molecule has 94 valence electrons. The molecule has 1 rings (SSSR count). The van der Waals surface area contributed by atoms with Gasteiger partial charge in [0.1, 0.15) is 0 Å². The predicted octanol–water partition coefficient (Wildman–Crippen LogP) is -1.26. The molecule has 1 amide bonds. The second kappa shape index (κ2) is 5.11. The van der Waals surface area contributed by atoms with E-state index in [1.165, 1.54) is 0 Å². The first-order valence-corrected chi connectivity index (χ1v) is 7.19. The zero-order valence-electron chi connectivity index (χ0n) is 9.86. The maximum absolute atomic E-state index is 12.0. The minimum absolute atomic E-state index is 0.102. The first-order valence-electron chi connectivity index (χ1n) is 5.30. The van der Waals surface area contributed by atoms with Crippen LogP contribution in [0.4, 0.5) is 0 Å². The van der Waals surface area contributed by atoms with E-state index in [0.717, 1.165) is 19.3 Å². The highest BCUT2D eigenvalue weighted by atomic mass is 32.2. The van der Waals surface area contributed by atoms with E-state index in [1.807, 2.05) is 6.92 Å². The maximum atomic E-state index is 12.0. The lowest BCUT2D eigenvalue weighted by atomic mass is 10.2. The molecule has 0 aliphatic carbocycles. The number of rotatable bonds is 3. The topological polar surface area (TPSA) is 78.5 Å². The summed E-state index contributed by atoms with van der Waals surface area (Å²) >= 11 is 0. The molecule has 0 saturated carbocycles. The molecule has 1 saturated heterocycles. The van der Waals surface area contributed by atoms with Crippen LogP contribution in [0, 0.1) is 0 Å². The molecule has 2 atom stereocenters. The Morgan fingerprint density at radius 1 is 1.56 bits per heavy atom. The van der Waals surface area contributed by atoms with E-state index in [2.05, 4.69) is 10.0 Å². The van der Waals surface area contributed by atoms with E-state index in [4.69, 9.17) is 0 Å². The van der Waals surface area contributed by atoms with E-state index >= 15 is 0 Å². The van der Waals surface area contributed by atoms with Crippen molar-refractivity contribution in [3.63, 3.8) is 0 Å². The molecule has 2 N–H and O–H groups in total. The molecule has 1 aliphatic rings. The third kappa shape index (κ3) is 3.73. The average Bonchev–Trinajstić information content (AvgIpc) is 2.15. The van der Waals surface area contributed by atoms with Crippen LogP contribution in [0.25, 0.3) is 0 Å². The van der Waals surface area contributed by atoms with Crippen LogP contribution in [-0.2, 0) is 14.8 Å². The van der Waals surface area contributed by atoms with E-state index in [0.29, 0.717) is 6.54 Å². The molecule has 0 aromatic rings. The second-order valence-electron chi connectivity index (χ2n) is 4.20. The fourth-order valence-corrected chi connectivity index (χ4v) is 2.53. The monoisotopic (exact) mass is 249 g/mol. The van der Waals surface area contributed by atoms with Crippen molar-refractivity contribution >= 4 is 15.9 Å². The summed E-state index contributed by atoms with van der Waals surface area (Å²) in [7, 11) is -3.34. The van der Waals surface area contributed by atoms with E-state index in [9.17, 15) is 13.2 Å². The number of sulfonamides is 1. The summed E-state index contributed by atoms with van der Waals surface area (Å²) in [5.41, 5.74) is 0. The van der Waals surface area contributed by atoms with Gasteiger partial charge in [-0.1, -0.05) is 0 Å². The molecule has 1 fully saturated rings. The Morgan fingerprint density at radius 2 is 2.19 bits per heavy atom. The lowest BCUT2D eigenvalue weighted by Crippen LogP contribution is -2.57. The van der Waals surface area contributed by atoms with Gasteiger partial charge < -0.3 is 10.2 Å². The summed E-state index contributed by atoms with van der Waals surface area (Å²) in [4.78, 5) is 13.7. The van der Waals surface area contributed by atoms with Gasteiger partial charge in [-0.05, 0) is 13.8 Å². The maximum Gasteiger partial charge on any atom is 0.240 e. The predicted molar refractivity (Wildman–Crippen MR) is 61.5 cm³/mol. The van der Waals surface area contributed by atoms with Gasteiger partial charge >= 0.3 is 0 Å². The van der Waals surface area contributed by atoms with Crippen LogP contribution in [0.2, 0.25) is 0 Å². The van der Waals surface area contributed by atoms with Crippen LogP contribution < -0.4 is 10.0 Å². The summed E-state index contributed by atoms with van der Waals surface area (Å²) in [6.07, 6.45) is 1.05. The highest BCUT2D eigenvalue weighted by molar-refractivity contribution is 7.88. The van der Waals surface area contributed by atoms with Gasteiger partial charge in [0.2, 0.25) is 15.9 Å². The molecule has 0 radical (unpaired) electrons. The van der Waals surface area contributed by atoms with Crippen molar-refractivity contribution in [1.82, 2.24) is 14.9 Å². The number of carbonyl (C=O) groups excluding carboxylic acids is 1. The van der Waals surface area contributed by atoms with Gasteiger partial charge in [-0.25, -0.2) is 13.1 Å². The number of hydrogen-bond donors (Lipinski definition) is 2. The lowest BCUT2D eigenvalue weighted by Gasteiger charge is -2.35. The Kier molecular flexibility index (Phi) is 4.28. The highest BCUT2D eigenvalue weighted by Gasteiger charge is 2.27. The molecule has 0 spiro atoms. The molecule has 0 bridgehead atoms. The van der Waals surface area contributed by atoms with Crippen molar-refractivity contribution < 1.29 is 13.2 Å². The first kappa shape index (κ1) is 13.4. The molecule has 0 aromatic carbocycles. The van der Waals surface area contributed by atoms with Gasteiger partial charge in [0, 0.05) is 25.7 Å². The van der Waals surface area contributed by atoms with Crippen molar-refractivity contribution in [2.45, 2.75) is 25.9 Å². The van der Waals surface area contributed by atoms with E-state index in [-0.39, 0.29) is 11.9 Å². The van der Waals surface area contributed by atoms with Crippen molar-refractivity contribution in [2.75, 3.05) is 25.9 Å². The summed E-state index contributed by atoms with van der Waals surface area (Å²) in [5.74, 6) is -0.167. The van der Waals surface area contributed by atoms with Gasteiger partial charge in [-0.3, -0.25) is 4.79 Å². The molecule has 16 heavy (non-hydrogen) atoms. The zero-order chi connectivity index (χ0) is 12.3. The molecule has 1 heterocycles. The van der Waals surface area contributed by atoms with Crippen LogP contribution in [0.1, 0.15) is 13.8 Å². The molecule has 1 unspecified atom stereocenters. The second-order valence-corrected chi connectivity index (χ2v) is 5.98. The highest BCUT2D eigenvalue weighted by Crippen LogP contribution is 2.05. The molecule has 7 heteroatoms. The quantitative estimate of drug-likeness (QED) is 0.655. The minimum atomic E-state index is -3.34. The summed E-state index contributed by atoms with van der Waals surface area (Å²) in [6.45, 7) is 5.63. The lowest BCUT2D eigenvalue weighted by molar-refractivity contribution is -0.135. The average molecular weight is 249 g/mol. The smallest absolute Gasteiger partial charge is 0.240 e. The molecule has 0 aromatic heterocycles. The molecule has 1 aliphatic heterocycles. The largest absolute Gasteiger partial charge is 0.336 e. The molecular weight excluding hydrogens is 230 g/mol. The van der Waals surface area contributed by atoms with Gasteiger partial charge in [0.25, 0.3) is 0 Å². The van der Waals surface area contributed by atoms with Gasteiger partial charge in [-0.2, -0.15) is 0 Å². The van der Waals surface area contributed by atoms with E-state index in [1.54, 1.807) is 11.8 Å². The Labute approximate surface area is 96.4 Å². The molecule has 6 nitrogen and oxygen atoms in total. The van der Waals surface area contributed by atoms with Crippen molar-refractivity contribution in [2.24, 2.45) is 0 Å². The Balaban J connectivity index is 2.62. The number of nitrogens with one attached hydrogen (secondary N) is 2. The van der Waals surface area contributed by atoms with Crippen molar-refractivity contribution in [3.8, 4) is 0 Å². The van der Waals surface area contributed by atoms with Crippen LogP contribution >= 0.6 is 0 Å². The van der Waals surface area contributed by atoms with Crippen molar-refractivity contribution in [3.05, 3.63) is 0 Å². The van der Waals surface area contributed by atoms with Crippen LogP contribution in [0.15, 0.2) is 0 Å². The summed E-state index contributed by atoms with van der Waals surface area (Å²) < 4.78 is 24.3. The third-order valence-corrected chi connectivity index (χ3v) is 3.33. The number of amides is 1. The van der Waals surface area contributed by atoms with Crippen molar-refractivity contribution in [1.29, 1.82) is 0 Å². The zero-order valence-corrected chi connectivity index (χ0v) is 10.7. The standard InChI is InChI=1S/C9H19N3O3S/c1-7-6-10-4-5-12(7)9(13)8(2)11-16(3,14)15/h7-8,10-11H,4-6H2,1-3H3/t7-,8?/m1/s1. The van der Waals surface area contributed by atoms with Crippen LogP contribution in [0.3, 0.4) is 0 Å². The Morgan fingerprint density at radius 3 is 2.69 bits per heavy atom. The van der Waals surface area contributed by atoms with Crippen LogP contribution in [-0.4, -0.2) is 57.2 Å². The van der Waals surface area contributed by atoms with Gasteiger partial charge in [0.05, 0.1) is 12.3 Å². The number of nitrogens with zero attached hydrogens (tertiary/aromatic N) is 1. The van der Waals surface area contributed by atoms with Gasteiger partial charge in [-0.15, -0.1) is 0 Å². The number of piperazine rings is 1. The first-order chi connectivity index (χ1) is 7.31. The number of hydrogen-bond acceptors (Lipinski definition) is 4. The third-order valence-electron chi connectivity index (χ3n) is 2.55. The number of carbonyl (C=O) groups is 1. The summed E-state index contributed by atoms with van der Waals surface area (Å²) in [6, 6.07) is -0.597. The molecular formula is C9H19N3O3S. The summed E-state index contributed by atoms with van der Waals surface area (Å²) in [5, 5.41) is 3.17.